The number of hydrogen-bond acceptors (Lipinski definition) is 4. The number of amides is 3. The smallest absolute Gasteiger partial charge is 0.245 e. The van der Waals surface area contributed by atoms with E-state index in [0.717, 1.165) is 16.5 Å². The van der Waals surface area contributed by atoms with Crippen molar-refractivity contribution in [1.29, 1.82) is 0 Å². The van der Waals surface area contributed by atoms with E-state index >= 15 is 0 Å². The monoisotopic (exact) mass is 490 g/mol. The van der Waals surface area contributed by atoms with Gasteiger partial charge in [-0.2, -0.15) is 0 Å². The quantitative estimate of drug-likeness (QED) is 0.448. The van der Waals surface area contributed by atoms with E-state index in [4.69, 9.17) is 4.74 Å². The van der Waals surface area contributed by atoms with Gasteiger partial charge in [0.05, 0.1) is 12.8 Å². The number of ether oxygens (including phenoxy) is 1. The predicted octanol–water partition coefficient (Wildman–Crippen LogP) is 3.74. The number of piperidine rings is 1. The SMILES string of the molecule is COc1ccccc1NC(=O)C1CCN(C(=O)C(Cc2c[nH]c3ccccc23)NC(=O)C(C)C)CC1. The predicted molar refractivity (Wildman–Crippen MR) is 140 cm³/mol. The molecule has 2 aromatic carbocycles. The normalized spacial score (nSPS) is 15.1. The third kappa shape index (κ3) is 5.70. The standard InChI is InChI=1S/C28H34N4O4/c1-18(2)26(33)31-24(16-20-17-29-22-9-5-4-8-21(20)22)28(35)32-14-12-19(13-15-32)27(34)30-23-10-6-7-11-25(23)36-3/h4-11,17-19,24,29H,12-16H2,1-3H3,(H,30,34)(H,31,33). The van der Waals surface area contributed by atoms with Crippen LogP contribution in [0.4, 0.5) is 5.69 Å². The Kier molecular flexibility index (Phi) is 7.93. The van der Waals surface area contributed by atoms with Gasteiger partial charge in [0.25, 0.3) is 0 Å². The summed E-state index contributed by atoms with van der Waals surface area (Å²) in [4.78, 5) is 44.0. The zero-order valence-corrected chi connectivity index (χ0v) is 21.0. The van der Waals surface area contributed by atoms with Gasteiger partial charge in [-0.3, -0.25) is 14.4 Å². The van der Waals surface area contributed by atoms with Crippen LogP contribution in [0.3, 0.4) is 0 Å². The molecule has 2 heterocycles. The summed E-state index contributed by atoms with van der Waals surface area (Å²) < 4.78 is 5.32. The number of likely N-dealkylation sites (tertiary alicyclic amines) is 1. The number of nitrogens with zero attached hydrogens (tertiary/aromatic N) is 1. The van der Waals surface area contributed by atoms with E-state index in [1.54, 1.807) is 18.1 Å². The number of carbonyl (C=O) groups is 3. The molecule has 0 radical (unpaired) electrons. The highest BCUT2D eigenvalue weighted by Crippen LogP contribution is 2.26. The second kappa shape index (κ2) is 11.3. The summed E-state index contributed by atoms with van der Waals surface area (Å²) in [6.45, 7) is 4.55. The van der Waals surface area contributed by atoms with Crippen LogP contribution in [0, 0.1) is 11.8 Å². The fraction of sp³-hybridized carbons (Fsp3) is 0.393. The van der Waals surface area contributed by atoms with Crippen molar-refractivity contribution >= 4 is 34.3 Å². The van der Waals surface area contributed by atoms with Gasteiger partial charge in [0, 0.05) is 48.4 Å². The summed E-state index contributed by atoms with van der Waals surface area (Å²) in [7, 11) is 1.57. The lowest BCUT2D eigenvalue weighted by atomic mass is 9.94. The van der Waals surface area contributed by atoms with Gasteiger partial charge in [-0.1, -0.05) is 44.2 Å². The van der Waals surface area contributed by atoms with E-state index < -0.39 is 6.04 Å². The number of hydrogen-bond donors (Lipinski definition) is 3. The van der Waals surface area contributed by atoms with Crippen molar-refractivity contribution < 1.29 is 19.1 Å². The highest BCUT2D eigenvalue weighted by Gasteiger charge is 2.32. The summed E-state index contributed by atoms with van der Waals surface area (Å²) >= 11 is 0. The lowest BCUT2D eigenvalue weighted by Gasteiger charge is -2.34. The average Bonchev–Trinajstić information content (AvgIpc) is 3.31. The Labute approximate surface area is 211 Å². The van der Waals surface area contributed by atoms with E-state index in [9.17, 15) is 14.4 Å². The van der Waals surface area contributed by atoms with Gasteiger partial charge >= 0.3 is 0 Å². The molecule has 1 unspecified atom stereocenters. The number of methoxy groups -OCH3 is 1. The number of H-pyrrole nitrogens is 1. The number of fused-ring (bicyclic) bond motifs is 1. The molecule has 1 aromatic heterocycles. The molecule has 0 saturated carbocycles. The third-order valence-electron chi connectivity index (χ3n) is 6.78. The zero-order chi connectivity index (χ0) is 25.7. The molecule has 3 aromatic rings. The molecule has 3 amide bonds. The number of anilines is 1. The van der Waals surface area contributed by atoms with Crippen LogP contribution >= 0.6 is 0 Å². The number of benzene rings is 2. The Morgan fingerprint density at radius 3 is 2.47 bits per heavy atom. The highest BCUT2D eigenvalue weighted by molar-refractivity contribution is 5.94. The lowest BCUT2D eigenvalue weighted by molar-refractivity contribution is -0.139. The minimum Gasteiger partial charge on any atom is -0.495 e. The number of para-hydroxylation sites is 3. The summed E-state index contributed by atoms with van der Waals surface area (Å²) in [5, 5.41) is 6.96. The Hall–Kier alpha value is -3.81. The highest BCUT2D eigenvalue weighted by atomic mass is 16.5. The van der Waals surface area contributed by atoms with Crippen molar-refractivity contribution in [3.63, 3.8) is 0 Å². The van der Waals surface area contributed by atoms with Crippen LogP contribution < -0.4 is 15.4 Å². The number of carbonyl (C=O) groups excluding carboxylic acids is 3. The van der Waals surface area contributed by atoms with Crippen molar-refractivity contribution in [3.05, 3.63) is 60.3 Å². The molecule has 1 aliphatic rings. The van der Waals surface area contributed by atoms with E-state index in [1.807, 2.05) is 62.5 Å². The first-order chi connectivity index (χ1) is 17.4. The van der Waals surface area contributed by atoms with Crippen molar-refractivity contribution in [2.24, 2.45) is 11.8 Å². The Morgan fingerprint density at radius 2 is 1.75 bits per heavy atom. The van der Waals surface area contributed by atoms with Gasteiger partial charge in [0.2, 0.25) is 17.7 Å². The molecule has 36 heavy (non-hydrogen) atoms. The maximum Gasteiger partial charge on any atom is 0.245 e. The second-order valence-electron chi connectivity index (χ2n) is 9.57. The topological polar surface area (TPSA) is 104 Å². The molecule has 0 aliphatic carbocycles. The molecule has 1 atom stereocenters. The van der Waals surface area contributed by atoms with Crippen molar-refractivity contribution in [3.8, 4) is 5.75 Å². The van der Waals surface area contributed by atoms with Crippen molar-refractivity contribution in [1.82, 2.24) is 15.2 Å². The van der Waals surface area contributed by atoms with Gasteiger partial charge < -0.3 is 25.3 Å². The third-order valence-corrected chi connectivity index (χ3v) is 6.78. The van der Waals surface area contributed by atoms with Crippen molar-refractivity contribution in [2.75, 3.05) is 25.5 Å². The van der Waals surface area contributed by atoms with Crippen LogP contribution in [0.15, 0.2) is 54.7 Å². The molecule has 0 spiro atoms. The van der Waals surface area contributed by atoms with Gasteiger partial charge in [-0.05, 0) is 36.6 Å². The molecular formula is C28H34N4O4. The fourth-order valence-corrected chi connectivity index (χ4v) is 4.62. The number of aromatic amines is 1. The Balaban J connectivity index is 1.42. The van der Waals surface area contributed by atoms with Crippen LogP contribution in [0.5, 0.6) is 5.75 Å². The number of aromatic nitrogens is 1. The molecular weight excluding hydrogens is 456 g/mol. The summed E-state index contributed by atoms with van der Waals surface area (Å²) in [6.07, 6.45) is 3.42. The first-order valence-electron chi connectivity index (χ1n) is 12.5. The Bertz CT molecular complexity index is 1230. The summed E-state index contributed by atoms with van der Waals surface area (Å²) in [5.41, 5.74) is 2.62. The van der Waals surface area contributed by atoms with Crippen molar-refractivity contribution in [2.45, 2.75) is 39.2 Å². The molecule has 190 valence electrons. The first kappa shape index (κ1) is 25.3. The average molecular weight is 491 g/mol. The molecule has 0 bridgehead atoms. The van der Waals surface area contributed by atoms with E-state index in [0.29, 0.717) is 43.8 Å². The van der Waals surface area contributed by atoms with Crippen LogP contribution in [0.1, 0.15) is 32.3 Å². The van der Waals surface area contributed by atoms with Crippen LogP contribution in [0.2, 0.25) is 0 Å². The minimum absolute atomic E-state index is 0.0740. The van der Waals surface area contributed by atoms with Crippen LogP contribution in [-0.4, -0.2) is 53.8 Å². The van der Waals surface area contributed by atoms with Gasteiger partial charge in [0.15, 0.2) is 0 Å². The zero-order valence-electron chi connectivity index (χ0n) is 21.0. The largest absolute Gasteiger partial charge is 0.495 e. The summed E-state index contributed by atoms with van der Waals surface area (Å²) in [6, 6.07) is 14.6. The molecule has 1 aliphatic heterocycles. The lowest BCUT2D eigenvalue weighted by Crippen LogP contribution is -2.53. The first-order valence-corrected chi connectivity index (χ1v) is 12.5. The molecule has 1 saturated heterocycles. The fourth-order valence-electron chi connectivity index (χ4n) is 4.62. The van der Waals surface area contributed by atoms with E-state index in [2.05, 4.69) is 15.6 Å². The van der Waals surface area contributed by atoms with Crippen LogP contribution in [-0.2, 0) is 20.8 Å². The van der Waals surface area contributed by atoms with Gasteiger partial charge in [0.1, 0.15) is 11.8 Å². The maximum absolute atomic E-state index is 13.6. The molecule has 4 rings (SSSR count). The molecule has 8 nitrogen and oxygen atoms in total. The number of nitrogens with one attached hydrogen (secondary N) is 3. The molecule has 8 heteroatoms. The second-order valence-corrected chi connectivity index (χ2v) is 9.57. The van der Waals surface area contributed by atoms with Gasteiger partial charge in [-0.15, -0.1) is 0 Å². The maximum atomic E-state index is 13.6. The number of rotatable bonds is 8. The minimum atomic E-state index is -0.668. The van der Waals surface area contributed by atoms with Crippen LogP contribution in [0.25, 0.3) is 10.9 Å². The molecule has 3 N–H and O–H groups in total. The summed E-state index contributed by atoms with van der Waals surface area (Å²) in [5.74, 6) is -0.157. The Morgan fingerprint density at radius 1 is 1.06 bits per heavy atom. The van der Waals surface area contributed by atoms with E-state index in [1.165, 1.54) is 0 Å². The van der Waals surface area contributed by atoms with E-state index in [-0.39, 0.29) is 29.6 Å². The molecule has 1 fully saturated rings. The van der Waals surface area contributed by atoms with Gasteiger partial charge in [-0.25, -0.2) is 0 Å².